The standard InChI is InChI=1S/C9H13ClN2O4/c1-14-2-3-15-4-5-16-9-7(10)8(13)11-6-12-9/h6H,2-5H2,1H3,(H,11,12,13). The van der Waals surface area contributed by atoms with Gasteiger partial charge in [0.05, 0.1) is 26.1 Å². The van der Waals surface area contributed by atoms with Gasteiger partial charge in [-0.25, -0.2) is 4.98 Å². The van der Waals surface area contributed by atoms with Crippen molar-refractivity contribution in [2.45, 2.75) is 0 Å². The van der Waals surface area contributed by atoms with Gasteiger partial charge in [-0.05, 0) is 0 Å². The number of halogens is 1. The Balaban J connectivity index is 2.27. The third kappa shape index (κ3) is 4.18. The van der Waals surface area contributed by atoms with E-state index in [1.165, 1.54) is 6.33 Å². The SMILES string of the molecule is COCCOCCOc1nc[nH]c(=O)c1Cl. The van der Waals surface area contributed by atoms with E-state index in [1.54, 1.807) is 7.11 Å². The number of nitrogens with zero attached hydrogens (tertiary/aromatic N) is 1. The van der Waals surface area contributed by atoms with Crippen molar-refractivity contribution < 1.29 is 14.2 Å². The molecule has 7 heteroatoms. The van der Waals surface area contributed by atoms with Gasteiger partial charge in [0.15, 0.2) is 5.02 Å². The predicted octanol–water partition coefficient (Wildman–Crippen LogP) is 0.465. The van der Waals surface area contributed by atoms with Crippen LogP contribution in [0.25, 0.3) is 0 Å². The van der Waals surface area contributed by atoms with Crippen LogP contribution in [-0.4, -0.2) is 43.5 Å². The highest BCUT2D eigenvalue weighted by Gasteiger charge is 2.06. The Morgan fingerprint density at radius 1 is 1.38 bits per heavy atom. The fraction of sp³-hybridized carbons (Fsp3) is 0.556. The third-order valence-electron chi connectivity index (χ3n) is 1.66. The van der Waals surface area contributed by atoms with Gasteiger partial charge in [-0.1, -0.05) is 11.6 Å². The molecule has 90 valence electrons. The van der Waals surface area contributed by atoms with E-state index in [9.17, 15) is 4.79 Å². The Labute approximate surface area is 97.5 Å². The topological polar surface area (TPSA) is 73.4 Å². The zero-order chi connectivity index (χ0) is 11.8. The van der Waals surface area contributed by atoms with Crippen LogP contribution in [0, 0.1) is 0 Å². The molecule has 1 heterocycles. The fourth-order valence-corrected chi connectivity index (χ4v) is 1.07. The van der Waals surface area contributed by atoms with Gasteiger partial charge in [0.2, 0.25) is 5.88 Å². The molecular weight excluding hydrogens is 236 g/mol. The number of ether oxygens (including phenoxy) is 3. The van der Waals surface area contributed by atoms with Crippen molar-refractivity contribution >= 4 is 11.6 Å². The van der Waals surface area contributed by atoms with Crippen LogP contribution in [0.1, 0.15) is 0 Å². The van der Waals surface area contributed by atoms with Crippen molar-refractivity contribution in [3.63, 3.8) is 0 Å². The molecule has 0 saturated heterocycles. The van der Waals surface area contributed by atoms with E-state index < -0.39 is 5.56 Å². The average molecular weight is 249 g/mol. The molecule has 0 amide bonds. The summed E-state index contributed by atoms with van der Waals surface area (Å²) < 4.78 is 15.1. The highest BCUT2D eigenvalue weighted by molar-refractivity contribution is 6.31. The van der Waals surface area contributed by atoms with Crippen molar-refractivity contribution in [2.24, 2.45) is 0 Å². The highest BCUT2D eigenvalue weighted by Crippen LogP contribution is 2.14. The second-order valence-electron chi connectivity index (χ2n) is 2.80. The second kappa shape index (κ2) is 7.21. The summed E-state index contributed by atoms with van der Waals surface area (Å²) in [7, 11) is 1.60. The summed E-state index contributed by atoms with van der Waals surface area (Å²) in [6.07, 6.45) is 1.23. The normalized spacial score (nSPS) is 10.4. The molecule has 1 aromatic rings. The van der Waals surface area contributed by atoms with Crippen molar-refractivity contribution in [3.05, 3.63) is 21.7 Å². The molecule has 0 aliphatic rings. The first-order chi connectivity index (χ1) is 7.75. The molecule has 1 rings (SSSR count). The lowest BCUT2D eigenvalue weighted by molar-refractivity contribution is 0.0536. The minimum Gasteiger partial charge on any atom is -0.474 e. The second-order valence-corrected chi connectivity index (χ2v) is 3.18. The minimum atomic E-state index is -0.424. The molecule has 0 unspecified atom stereocenters. The van der Waals surface area contributed by atoms with Crippen LogP contribution in [0.3, 0.4) is 0 Å². The summed E-state index contributed by atoms with van der Waals surface area (Å²) in [6.45, 7) is 1.69. The first kappa shape index (κ1) is 13.0. The van der Waals surface area contributed by atoms with Gasteiger partial charge in [0.1, 0.15) is 6.61 Å². The van der Waals surface area contributed by atoms with Crippen LogP contribution in [0.4, 0.5) is 0 Å². The number of aromatic nitrogens is 2. The van der Waals surface area contributed by atoms with Crippen molar-refractivity contribution in [1.29, 1.82) is 0 Å². The maximum Gasteiger partial charge on any atom is 0.273 e. The fourth-order valence-electron chi connectivity index (χ4n) is 0.909. The van der Waals surface area contributed by atoms with E-state index in [2.05, 4.69) is 9.97 Å². The predicted molar refractivity (Wildman–Crippen MR) is 58.1 cm³/mol. The van der Waals surface area contributed by atoms with Crippen molar-refractivity contribution in [1.82, 2.24) is 9.97 Å². The van der Waals surface area contributed by atoms with Crippen LogP contribution < -0.4 is 10.3 Å². The van der Waals surface area contributed by atoms with Gasteiger partial charge in [-0.15, -0.1) is 0 Å². The monoisotopic (exact) mass is 248 g/mol. The number of rotatable bonds is 7. The summed E-state index contributed by atoms with van der Waals surface area (Å²) in [4.78, 5) is 17.2. The van der Waals surface area contributed by atoms with E-state index in [-0.39, 0.29) is 17.5 Å². The Morgan fingerprint density at radius 2 is 2.12 bits per heavy atom. The first-order valence-corrected chi connectivity index (χ1v) is 5.06. The zero-order valence-corrected chi connectivity index (χ0v) is 9.62. The quantitative estimate of drug-likeness (QED) is 0.710. The molecule has 1 N–H and O–H groups in total. The van der Waals surface area contributed by atoms with E-state index in [0.29, 0.717) is 19.8 Å². The minimum absolute atomic E-state index is 0.0561. The summed E-state index contributed by atoms with van der Waals surface area (Å²) in [6, 6.07) is 0. The number of nitrogens with one attached hydrogen (secondary N) is 1. The lowest BCUT2D eigenvalue weighted by Gasteiger charge is -2.06. The molecule has 0 spiro atoms. The Morgan fingerprint density at radius 3 is 2.88 bits per heavy atom. The summed E-state index contributed by atoms with van der Waals surface area (Å²) >= 11 is 5.66. The molecule has 0 aliphatic heterocycles. The van der Waals surface area contributed by atoms with Gasteiger partial charge in [-0.2, -0.15) is 0 Å². The van der Waals surface area contributed by atoms with Crippen LogP contribution >= 0.6 is 11.6 Å². The Bertz CT molecular complexity index is 369. The highest BCUT2D eigenvalue weighted by atomic mass is 35.5. The number of hydrogen-bond acceptors (Lipinski definition) is 5. The molecule has 0 saturated carbocycles. The molecule has 0 radical (unpaired) electrons. The molecule has 1 aromatic heterocycles. The largest absolute Gasteiger partial charge is 0.474 e. The molecule has 0 aliphatic carbocycles. The molecule has 0 fully saturated rings. The summed E-state index contributed by atoms with van der Waals surface area (Å²) in [5, 5.41) is -0.0561. The number of H-pyrrole nitrogens is 1. The van der Waals surface area contributed by atoms with Crippen molar-refractivity contribution in [3.8, 4) is 5.88 Å². The molecule has 16 heavy (non-hydrogen) atoms. The Kier molecular flexibility index (Phi) is 5.84. The van der Waals surface area contributed by atoms with E-state index in [0.717, 1.165) is 0 Å². The molecular formula is C9H13ClN2O4. The summed E-state index contributed by atoms with van der Waals surface area (Å²) in [5.74, 6) is 0.112. The van der Waals surface area contributed by atoms with Crippen LogP contribution in [0.5, 0.6) is 5.88 Å². The zero-order valence-electron chi connectivity index (χ0n) is 8.86. The maximum atomic E-state index is 11.1. The Hall–Kier alpha value is -1.11. The van der Waals surface area contributed by atoms with Crippen LogP contribution in [0.15, 0.2) is 11.1 Å². The van der Waals surface area contributed by atoms with Gasteiger partial charge >= 0.3 is 0 Å². The molecule has 6 nitrogen and oxygen atoms in total. The van der Waals surface area contributed by atoms with Crippen LogP contribution in [0.2, 0.25) is 5.02 Å². The smallest absolute Gasteiger partial charge is 0.273 e. The lowest BCUT2D eigenvalue weighted by atomic mass is 10.6. The third-order valence-corrected chi connectivity index (χ3v) is 2.00. The van der Waals surface area contributed by atoms with Gasteiger partial charge in [0.25, 0.3) is 5.56 Å². The van der Waals surface area contributed by atoms with E-state index in [1.807, 2.05) is 0 Å². The van der Waals surface area contributed by atoms with Crippen LogP contribution in [-0.2, 0) is 9.47 Å². The first-order valence-electron chi connectivity index (χ1n) is 4.68. The number of aromatic amines is 1. The summed E-state index contributed by atoms with van der Waals surface area (Å²) in [5.41, 5.74) is -0.424. The van der Waals surface area contributed by atoms with Crippen molar-refractivity contribution in [2.75, 3.05) is 33.5 Å². The number of methoxy groups -OCH3 is 1. The molecule has 0 bridgehead atoms. The average Bonchev–Trinajstić information content (AvgIpc) is 2.29. The van der Waals surface area contributed by atoms with Gasteiger partial charge in [-0.3, -0.25) is 4.79 Å². The lowest BCUT2D eigenvalue weighted by Crippen LogP contribution is -2.13. The van der Waals surface area contributed by atoms with Gasteiger partial charge in [0, 0.05) is 7.11 Å². The van der Waals surface area contributed by atoms with E-state index >= 15 is 0 Å². The van der Waals surface area contributed by atoms with Gasteiger partial charge < -0.3 is 19.2 Å². The van der Waals surface area contributed by atoms with E-state index in [4.69, 9.17) is 25.8 Å². The molecule has 0 atom stereocenters. The maximum absolute atomic E-state index is 11.1. The molecule has 0 aromatic carbocycles. The number of hydrogen-bond donors (Lipinski definition) is 1.